The molecule has 2 aromatic heterocycles. The lowest BCUT2D eigenvalue weighted by Crippen LogP contribution is -2.08. The van der Waals surface area contributed by atoms with E-state index in [2.05, 4.69) is 30.3 Å². The lowest BCUT2D eigenvalue weighted by atomic mass is 9.93. The van der Waals surface area contributed by atoms with Crippen LogP contribution in [0.15, 0.2) is 152 Å². The molecule has 0 atom stereocenters. The van der Waals surface area contributed by atoms with Crippen LogP contribution < -0.4 is 0 Å². The van der Waals surface area contributed by atoms with E-state index in [9.17, 15) is 44.7 Å². The maximum absolute atomic E-state index is 14.4. The second-order valence-corrected chi connectivity index (χ2v) is 15.5. The second-order valence-electron chi connectivity index (χ2n) is 15.5. The highest BCUT2D eigenvalue weighted by atomic mass is 19.4. The van der Waals surface area contributed by atoms with Gasteiger partial charge in [-0.15, -0.1) is 0 Å². The predicted octanol–water partition coefficient (Wildman–Crippen LogP) is 13.1. The zero-order chi connectivity index (χ0) is 45.9. The van der Waals surface area contributed by atoms with Crippen molar-refractivity contribution in [3.8, 4) is 81.2 Å². The van der Waals surface area contributed by atoms with Crippen LogP contribution in [0.3, 0.4) is 0 Å². The van der Waals surface area contributed by atoms with Crippen LogP contribution in [0, 0.1) is 68.0 Å². The summed E-state index contributed by atoms with van der Waals surface area (Å²) in [5, 5.41) is 64.3. The van der Waals surface area contributed by atoms with Gasteiger partial charge in [0.1, 0.15) is 0 Å². The molecule has 0 saturated carbocycles. The summed E-state index contributed by atoms with van der Waals surface area (Å²) in [6.07, 6.45) is -4.76. The molecule has 10 aromatic rings. The van der Waals surface area contributed by atoms with Gasteiger partial charge in [0, 0.05) is 32.7 Å². The fraction of sp³-hybridized carbons (Fsp3) is 0.0182. The van der Waals surface area contributed by atoms with Gasteiger partial charge >= 0.3 is 6.18 Å². The highest BCUT2D eigenvalue weighted by Crippen LogP contribution is 2.46. The standard InChI is InChI=1S/C55H25F3N8/c56-55(57,58)40-13-18-43(39(23-40)31-64)54-52(65-48-7-3-1-5-44(48)46-16-11-35(24-50(46)65)41-14-9-32(26-59)19-37(41)29-62)21-34(28-61)22-53(54)66-49-8-4-2-6-45(49)47-17-12-36(25-51(47)66)42-15-10-33(27-60)20-38(42)30-63/h1-25H. The molecule has 66 heavy (non-hydrogen) atoms. The summed E-state index contributed by atoms with van der Waals surface area (Å²) >= 11 is 0. The van der Waals surface area contributed by atoms with Crippen LogP contribution >= 0.6 is 0 Å². The summed E-state index contributed by atoms with van der Waals surface area (Å²) in [5.41, 5.74) is 6.47. The molecule has 0 spiro atoms. The van der Waals surface area contributed by atoms with E-state index in [1.54, 1.807) is 36.4 Å². The maximum Gasteiger partial charge on any atom is 0.416 e. The van der Waals surface area contributed by atoms with E-state index < -0.39 is 11.7 Å². The lowest BCUT2D eigenvalue weighted by molar-refractivity contribution is -0.137. The summed E-state index contributed by atoms with van der Waals surface area (Å²) in [6.45, 7) is 0. The minimum absolute atomic E-state index is 0.168. The van der Waals surface area contributed by atoms with Crippen LogP contribution in [-0.4, -0.2) is 9.13 Å². The molecule has 2 heterocycles. The molecule has 0 aliphatic carbocycles. The first-order chi connectivity index (χ1) is 32.1. The normalized spacial score (nSPS) is 11.2. The van der Waals surface area contributed by atoms with E-state index in [0.717, 1.165) is 33.7 Å². The summed E-state index contributed by atoms with van der Waals surface area (Å²) in [6, 6.07) is 55.6. The summed E-state index contributed by atoms with van der Waals surface area (Å²) in [7, 11) is 0. The van der Waals surface area contributed by atoms with E-state index in [-0.39, 0.29) is 27.8 Å². The van der Waals surface area contributed by atoms with Crippen molar-refractivity contribution in [2.75, 3.05) is 0 Å². The topological polar surface area (TPSA) is 153 Å². The number of para-hydroxylation sites is 2. The highest BCUT2D eigenvalue weighted by molar-refractivity contribution is 6.13. The zero-order valence-electron chi connectivity index (χ0n) is 34.1. The Morgan fingerprint density at radius 3 is 1.23 bits per heavy atom. The number of rotatable bonds is 5. The SMILES string of the molecule is N#Cc1ccc(-c2ccc3c4ccccc4n(-c4cc(C#N)cc(-n5c6ccccc6c6ccc(-c7ccc(C#N)cc7C#N)cc65)c4-c4ccc(C(F)(F)F)cc4C#N)c3c2)c(C#N)c1. The van der Waals surface area contributed by atoms with Gasteiger partial charge < -0.3 is 9.13 Å². The number of aromatic nitrogens is 2. The molecular formula is C55H25F3N8. The number of nitriles is 6. The van der Waals surface area contributed by atoms with Crippen LogP contribution in [0.25, 0.3) is 88.4 Å². The number of alkyl halides is 3. The average Bonchev–Trinajstić information content (AvgIpc) is 3.86. The molecule has 0 aliphatic heterocycles. The van der Waals surface area contributed by atoms with Crippen LogP contribution in [-0.2, 0) is 6.18 Å². The van der Waals surface area contributed by atoms with Gasteiger partial charge in [-0.1, -0.05) is 78.9 Å². The molecule has 0 saturated heterocycles. The van der Waals surface area contributed by atoms with Gasteiger partial charge in [0.25, 0.3) is 0 Å². The van der Waals surface area contributed by atoms with Gasteiger partial charge in [-0.05, 0) is 95.1 Å². The molecule has 8 aromatic carbocycles. The van der Waals surface area contributed by atoms with Crippen molar-refractivity contribution >= 4 is 43.6 Å². The number of nitrogens with zero attached hydrogens (tertiary/aromatic N) is 8. The van der Waals surface area contributed by atoms with E-state index in [1.807, 2.05) is 100 Å². The molecule has 0 aliphatic rings. The summed E-state index contributed by atoms with van der Waals surface area (Å²) in [5.74, 6) is 0. The minimum Gasteiger partial charge on any atom is -0.308 e. The largest absolute Gasteiger partial charge is 0.416 e. The Morgan fingerprint density at radius 1 is 0.364 bits per heavy atom. The van der Waals surface area contributed by atoms with Gasteiger partial charge in [-0.25, -0.2) is 0 Å². The Hall–Kier alpha value is -9.91. The maximum atomic E-state index is 14.4. The monoisotopic (exact) mass is 854 g/mol. The molecular weight excluding hydrogens is 830 g/mol. The van der Waals surface area contributed by atoms with E-state index in [0.29, 0.717) is 72.4 Å². The van der Waals surface area contributed by atoms with Crippen molar-refractivity contribution in [1.29, 1.82) is 31.6 Å². The first-order valence-corrected chi connectivity index (χ1v) is 20.2. The third-order valence-electron chi connectivity index (χ3n) is 12.0. The first kappa shape index (κ1) is 40.2. The quantitative estimate of drug-likeness (QED) is 0.168. The fourth-order valence-electron chi connectivity index (χ4n) is 9.05. The Labute approximate surface area is 374 Å². The molecule has 0 amide bonds. The van der Waals surface area contributed by atoms with Crippen LogP contribution in [0.1, 0.15) is 38.9 Å². The molecule has 8 nitrogen and oxygen atoms in total. The molecule has 0 unspecified atom stereocenters. The molecule has 0 bridgehead atoms. The average molecular weight is 855 g/mol. The molecule has 11 heteroatoms. The first-order valence-electron chi connectivity index (χ1n) is 20.2. The number of hydrogen-bond acceptors (Lipinski definition) is 6. The van der Waals surface area contributed by atoms with Crippen molar-refractivity contribution < 1.29 is 13.2 Å². The van der Waals surface area contributed by atoms with Crippen molar-refractivity contribution in [1.82, 2.24) is 9.13 Å². The Balaban J connectivity index is 1.38. The Kier molecular flexibility index (Phi) is 9.41. The van der Waals surface area contributed by atoms with Gasteiger partial charge in [0.2, 0.25) is 0 Å². The lowest BCUT2D eigenvalue weighted by Gasteiger charge is -2.22. The van der Waals surface area contributed by atoms with E-state index in [1.165, 1.54) is 18.2 Å². The van der Waals surface area contributed by atoms with E-state index in [4.69, 9.17) is 0 Å². The smallest absolute Gasteiger partial charge is 0.308 e. The Morgan fingerprint density at radius 2 is 0.788 bits per heavy atom. The minimum atomic E-state index is -4.76. The van der Waals surface area contributed by atoms with Crippen molar-refractivity contribution in [3.63, 3.8) is 0 Å². The molecule has 0 fully saturated rings. The van der Waals surface area contributed by atoms with Crippen LogP contribution in [0.4, 0.5) is 13.2 Å². The number of halogens is 3. The third-order valence-corrected chi connectivity index (χ3v) is 12.0. The zero-order valence-corrected chi connectivity index (χ0v) is 34.1. The van der Waals surface area contributed by atoms with Crippen molar-refractivity contribution in [3.05, 3.63) is 191 Å². The summed E-state index contributed by atoms with van der Waals surface area (Å²) < 4.78 is 46.9. The highest BCUT2D eigenvalue weighted by Gasteiger charge is 2.32. The van der Waals surface area contributed by atoms with Crippen molar-refractivity contribution in [2.24, 2.45) is 0 Å². The van der Waals surface area contributed by atoms with E-state index >= 15 is 0 Å². The third kappa shape index (κ3) is 6.34. The molecule has 306 valence electrons. The second kappa shape index (κ2) is 15.5. The number of benzene rings is 8. The predicted molar refractivity (Wildman–Crippen MR) is 245 cm³/mol. The van der Waals surface area contributed by atoms with Gasteiger partial charge in [0.05, 0.1) is 109 Å². The molecule has 10 rings (SSSR count). The fourth-order valence-corrected chi connectivity index (χ4v) is 9.05. The van der Waals surface area contributed by atoms with Crippen LogP contribution in [0.5, 0.6) is 0 Å². The number of fused-ring (bicyclic) bond motifs is 6. The number of hydrogen-bond donors (Lipinski definition) is 0. The van der Waals surface area contributed by atoms with Crippen molar-refractivity contribution in [2.45, 2.75) is 6.18 Å². The van der Waals surface area contributed by atoms with Gasteiger partial charge in [-0.2, -0.15) is 44.7 Å². The molecule has 0 radical (unpaired) electrons. The van der Waals surface area contributed by atoms with Gasteiger partial charge in [0.15, 0.2) is 0 Å². The van der Waals surface area contributed by atoms with Gasteiger partial charge in [-0.3, -0.25) is 0 Å². The Bertz CT molecular complexity index is 3800. The van der Waals surface area contributed by atoms with Crippen LogP contribution in [0.2, 0.25) is 0 Å². The summed E-state index contributed by atoms with van der Waals surface area (Å²) in [4.78, 5) is 0. The molecule has 0 N–H and O–H groups in total.